The first-order valence-corrected chi connectivity index (χ1v) is 7.87. The lowest BCUT2D eigenvalue weighted by Gasteiger charge is -2.30. The van der Waals surface area contributed by atoms with Crippen molar-refractivity contribution in [1.29, 1.82) is 0 Å². The summed E-state index contributed by atoms with van der Waals surface area (Å²) in [5.41, 5.74) is 1.98. The number of H-pyrrole nitrogens is 1. The standard InChI is InChI=1S/C13H19N3S2/c1-4-13(5-2,18-3)9-16-11-10(15-12(16)17)7-6-8-14-11/h6-8H,4-5,9H2,1-3H3,(H,15,17). The van der Waals surface area contributed by atoms with Crippen LogP contribution < -0.4 is 0 Å². The van der Waals surface area contributed by atoms with Crippen LogP contribution in [0.3, 0.4) is 0 Å². The van der Waals surface area contributed by atoms with Gasteiger partial charge in [0.2, 0.25) is 0 Å². The predicted octanol–water partition coefficient (Wildman–Crippen LogP) is 4.02. The van der Waals surface area contributed by atoms with Crippen LogP contribution in [0.4, 0.5) is 0 Å². The molecule has 2 aromatic rings. The van der Waals surface area contributed by atoms with Gasteiger partial charge in [0.1, 0.15) is 0 Å². The molecule has 5 heteroatoms. The largest absolute Gasteiger partial charge is 0.329 e. The molecule has 0 fully saturated rings. The van der Waals surface area contributed by atoms with Gasteiger partial charge < -0.3 is 9.55 Å². The number of aromatic nitrogens is 3. The van der Waals surface area contributed by atoms with Gasteiger partial charge in [-0.3, -0.25) is 0 Å². The summed E-state index contributed by atoms with van der Waals surface area (Å²) in [6, 6.07) is 3.95. The van der Waals surface area contributed by atoms with E-state index in [1.807, 2.05) is 30.1 Å². The van der Waals surface area contributed by atoms with Gasteiger partial charge in [0.25, 0.3) is 0 Å². The van der Waals surface area contributed by atoms with Crippen molar-refractivity contribution in [2.24, 2.45) is 0 Å². The molecule has 0 bridgehead atoms. The van der Waals surface area contributed by atoms with E-state index in [0.29, 0.717) is 0 Å². The first-order valence-electron chi connectivity index (χ1n) is 6.24. The van der Waals surface area contributed by atoms with E-state index in [1.165, 1.54) is 0 Å². The number of imidazole rings is 1. The van der Waals surface area contributed by atoms with Gasteiger partial charge in [0, 0.05) is 17.5 Å². The Morgan fingerprint density at radius 1 is 1.44 bits per heavy atom. The van der Waals surface area contributed by atoms with Gasteiger partial charge in [-0.2, -0.15) is 11.8 Å². The zero-order valence-electron chi connectivity index (χ0n) is 11.1. The third-order valence-corrected chi connectivity index (χ3v) is 5.59. The van der Waals surface area contributed by atoms with Crippen LogP contribution in [-0.2, 0) is 6.54 Å². The Morgan fingerprint density at radius 2 is 2.17 bits per heavy atom. The van der Waals surface area contributed by atoms with Gasteiger partial charge in [-0.05, 0) is 43.4 Å². The number of aromatic amines is 1. The Bertz CT molecular complexity index is 573. The fourth-order valence-electron chi connectivity index (χ4n) is 2.25. The maximum atomic E-state index is 5.42. The molecule has 0 saturated heterocycles. The number of fused-ring (bicyclic) bond motifs is 1. The summed E-state index contributed by atoms with van der Waals surface area (Å²) in [6.07, 6.45) is 6.26. The van der Waals surface area contributed by atoms with E-state index in [2.05, 4.69) is 34.6 Å². The molecule has 0 spiro atoms. The van der Waals surface area contributed by atoms with E-state index < -0.39 is 0 Å². The fraction of sp³-hybridized carbons (Fsp3) is 0.538. The minimum absolute atomic E-state index is 0.241. The average molecular weight is 281 g/mol. The molecule has 2 aromatic heterocycles. The molecule has 2 rings (SSSR count). The van der Waals surface area contributed by atoms with Crippen molar-refractivity contribution in [3.63, 3.8) is 0 Å². The Hall–Kier alpha value is -0.810. The molecule has 98 valence electrons. The molecule has 1 N–H and O–H groups in total. The number of nitrogens with zero attached hydrogens (tertiary/aromatic N) is 2. The van der Waals surface area contributed by atoms with Crippen molar-refractivity contribution in [1.82, 2.24) is 14.5 Å². The molecular weight excluding hydrogens is 262 g/mol. The molecule has 18 heavy (non-hydrogen) atoms. The third kappa shape index (κ3) is 2.34. The molecular formula is C13H19N3S2. The minimum Gasteiger partial charge on any atom is -0.329 e. The average Bonchev–Trinajstić information content (AvgIpc) is 2.72. The second-order valence-electron chi connectivity index (χ2n) is 4.49. The molecule has 2 heterocycles. The molecule has 3 nitrogen and oxygen atoms in total. The Morgan fingerprint density at radius 3 is 2.78 bits per heavy atom. The van der Waals surface area contributed by atoms with Crippen LogP contribution in [0.25, 0.3) is 11.2 Å². The first-order chi connectivity index (χ1) is 8.65. The van der Waals surface area contributed by atoms with E-state index in [9.17, 15) is 0 Å². The van der Waals surface area contributed by atoms with E-state index in [-0.39, 0.29) is 4.75 Å². The highest BCUT2D eigenvalue weighted by Crippen LogP contribution is 2.33. The summed E-state index contributed by atoms with van der Waals surface area (Å²) in [5, 5.41) is 0. The minimum atomic E-state index is 0.241. The summed E-state index contributed by atoms with van der Waals surface area (Å²) >= 11 is 7.35. The lowest BCUT2D eigenvalue weighted by Crippen LogP contribution is -2.29. The Balaban J connectivity index is 2.48. The SMILES string of the molecule is CCC(CC)(Cn1c(=S)[nH]c2cccnc21)SC. The summed E-state index contributed by atoms with van der Waals surface area (Å²) < 4.78 is 3.14. The van der Waals surface area contributed by atoms with Crippen molar-refractivity contribution in [3.8, 4) is 0 Å². The van der Waals surface area contributed by atoms with Gasteiger partial charge in [-0.25, -0.2) is 4.98 Å². The summed E-state index contributed by atoms with van der Waals surface area (Å²) in [5.74, 6) is 0. The molecule has 0 radical (unpaired) electrons. The number of hydrogen-bond donors (Lipinski definition) is 1. The number of thioether (sulfide) groups is 1. The van der Waals surface area contributed by atoms with Crippen molar-refractivity contribution < 1.29 is 0 Å². The second kappa shape index (κ2) is 5.45. The van der Waals surface area contributed by atoms with Crippen molar-refractivity contribution in [2.75, 3.05) is 6.26 Å². The normalized spacial score (nSPS) is 12.2. The molecule has 0 unspecified atom stereocenters. The maximum absolute atomic E-state index is 5.42. The highest BCUT2D eigenvalue weighted by atomic mass is 32.2. The molecule has 0 amide bonds. The highest BCUT2D eigenvalue weighted by molar-refractivity contribution is 8.00. The molecule has 0 aliphatic carbocycles. The van der Waals surface area contributed by atoms with Crippen LogP contribution in [0, 0.1) is 4.77 Å². The van der Waals surface area contributed by atoms with Crippen LogP contribution in [0.15, 0.2) is 18.3 Å². The van der Waals surface area contributed by atoms with E-state index in [4.69, 9.17) is 12.2 Å². The van der Waals surface area contributed by atoms with E-state index in [1.54, 1.807) is 0 Å². The number of nitrogens with one attached hydrogen (secondary N) is 1. The lowest BCUT2D eigenvalue weighted by molar-refractivity contribution is 0.469. The van der Waals surface area contributed by atoms with E-state index in [0.717, 1.165) is 35.3 Å². The van der Waals surface area contributed by atoms with Gasteiger partial charge in [0.05, 0.1) is 5.52 Å². The monoisotopic (exact) mass is 281 g/mol. The molecule has 0 atom stereocenters. The zero-order chi connectivity index (χ0) is 13.2. The Labute approximate surface area is 117 Å². The van der Waals surface area contributed by atoms with Gasteiger partial charge in [-0.15, -0.1) is 0 Å². The predicted molar refractivity (Wildman–Crippen MR) is 81.7 cm³/mol. The second-order valence-corrected chi connectivity index (χ2v) is 6.15. The smallest absolute Gasteiger partial charge is 0.179 e. The first kappa shape index (κ1) is 13.6. The summed E-state index contributed by atoms with van der Waals surface area (Å²) in [7, 11) is 0. The number of hydrogen-bond acceptors (Lipinski definition) is 3. The lowest BCUT2D eigenvalue weighted by atomic mass is 10.0. The van der Waals surface area contributed by atoms with Gasteiger partial charge in [-0.1, -0.05) is 13.8 Å². The number of pyridine rings is 1. The van der Waals surface area contributed by atoms with Crippen LogP contribution in [-0.4, -0.2) is 25.5 Å². The van der Waals surface area contributed by atoms with Crippen LogP contribution in [0.2, 0.25) is 0 Å². The van der Waals surface area contributed by atoms with Crippen LogP contribution >= 0.6 is 24.0 Å². The van der Waals surface area contributed by atoms with E-state index >= 15 is 0 Å². The van der Waals surface area contributed by atoms with Crippen LogP contribution in [0.5, 0.6) is 0 Å². The molecule has 0 saturated carbocycles. The van der Waals surface area contributed by atoms with Gasteiger partial charge in [0.15, 0.2) is 10.4 Å². The maximum Gasteiger partial charge on any atom is 0.179 e. The number of rotatable bonds is 5. The Kier molecular flexibility index (Phi) is 4.12. The molecule has 0 aliphatic rings. The van der Waals surface area contributed by atoms with Crippen molar-refractivity contribution in [3.05, 3.63) is 23.1 Å². The zero-order valence-corrected chi connectivity index (χ0v) is 12.7. The topological polar surface area (TPSA) is 33.6 Å². The third-order valence-electron chi connectivity index (χ3n) is 3.70. The van der Waals surface area contributed by atoms with Crippen LogP contribution in [0.1, 0.15) is 26.7 Å². The highest BCUT2D eigenvalue weighted by Gasteiger charge is 2.26. The summed E-state index contributed by atoms with van der Waals surface area (Å²) in [4.78, 5) is 7.67. The fourth-order valence-corrected chi connectivity index (χ4v) is 3.35. The summed E-state index contributed by atoms with van der Waals surface area (Å²) in [6.45, 7) is 5.40. The molecule has 0 aliphatic heterocycles. The molecule has 0 aromatic carbocycles. The van der Waals surface area contributed by atoms with Gasteiger partial charge >= 0.3 is 0 Å². The van der Waals surface area contributed by atoms with Crippen molar-refractivity contribution in [2.45, 2.75) is 38.0 Å². The van der Waals surface area contributed by atoms with Crippen molar-refractivity contribution >= 4 is 35.1 Å². The quantitative estimate of drug-likeness (QED) is 0.841.